The van der Waals surface area contributed by atoms with Crippen LogP contribution in [0.15, 0.2) is 18.2 Å². The van der Waals surface area contributed by atoms with Crippen molar-refractivity contribution in [2.75, 3.05) is 13.1 Å². The van der Waals surface area contributed by atoms with Crippen LogP contribution < -0.4 is 5.73 Å². The Hall–Kier alpha value is -1.93. The molecule has 0 radical (unpaired) electrons. The molecule has 5 heteroatoms. The third-order valence-electron chi connectivity index (χ3n) is 3.17. The van der Waals surface area contributed by atoms with Gasteiger partial charge in [0.2, 0.25) is 5.91 Å². The molecule has 0 aliphatic carbocycles. The van der Waals surface area contributed by atoms with E-state index in [0.29, 0.717) is 18.7 Å². The Morgan fingerprint density at radius 1 is 1.56 bits per heavy atom. The maximum atomic E-state index is 13.2. The van der Waals surface area contributed by atoms with Crippen LogP contribution in [0.3, 0.4) is 0 Å². The lowest BCUT2D eigenvalue weighted by Gasteiger charge is -2.15. The summed E-state index contributed by atoms with van der Waals surface area (Å²) in [5.74, 6) is -0.807. The van der Waals surface area contributed by atoms with E-state index < -0.39 is 5.82 Å². The van der Waals surface area contributed by atoms with Crippen LogP contribution in [0.2, 0.25) is 0 Å². The van der Waals surface area contributed by atoms with E-state index in [-0.39, 0.29) is 11.8 Å². The highest BCUT2D eigenvalue weighted by atomic mass is 19.1. The Bertz CT molecular complexity index is 509. The molecule has 1 fully saturated rings. The molecule has 2 rings (SSSR count). The molecule has 0 saturated carbocycles. The summed E-state index contributed by atoms with van der Waals surface area (Å²) in [5.41, 5.74) is 6.32. The summed E-state index contributed by atoms with van der Waals surface area (Å²) >= 11 is 0. The van der Waals surface area contributed by atoms with Crippen LogP contribution in [0.4, 0.5) is 4.39 Å². The Labute approximate surface area is 105 Å². The van der Waals surface area contributed by atoms with E-state index in [2.05, 4.69) is 0 Å². The summed E-state index contributed by atoms with van der Waals surface area (Å²) in [4.78, 5) is 13.1. The zero-order chi connectivity index (χ0) is 13.1. The molecule has 1 aliphatic heterocycles. The third-order valence-corrected chi connectivity index (χ3v) is 3.17. The molecule has 0 spiro atoms. The number of nitriles is 1. The van der Waals surface area contributed by atoms with E-state index in [0.717, 1.165) is 18.5 Å². The molecule has 4 nitrogen and oxygen atoms in total. The number of hydrogen-bond acceptors (Lipinski definition) is 3. The molecule has 2 N–H and O–H groups in total. The maximum absolute atomic E-state index is 13.2. The fourth-order valence-corrected chi connectivity index (χ4v) is 2.27. The van der Waals surface area contributed by atoms with Crippen molar-refractivity contribution in [1.29, 1.82) is 5.26 Å². The minimum atomic E-state index is -0.408. The number of amides is 1. The predicted octanol–water partition coefficient (Wildman–Crippen LogP) is 1.00. The van der Waals surface area contributed by atoms with Gasteiger partial charge in [0, 0.05) is 13.1 Å². The van der Waals surface area contributed by atoms with Crippen molar-refractivity contribution in [2.24, 2.45) is 11.7 Å². The molecular weight excluding hydrogens is 233 g/mol. The molecular formula is C13H14FN3O. The molecule has 1 aromatic rings. The van der Waals surface area contributed by atoms with Gasteiger partial charge in [0.1, 0.15) is 5.82 Å². The normalized spacial score (nSPS) is 19.7. The van der Waals surface area contributed by atoms with Gasteiger partial charge >= 0.3 is 0 Å². The van der Waals surface area contributed by atoms with Crippen molar-refractivity contribution >= 4 is 5.91 Å². The molecule has 1 atom stereocenters. The lowest BCUT2D eigenvalue weighted by atomic mass is 10.1. The first-order chi connectivity index (χ1) is 8.58. The van der Waals surface area contributed by atoms with Crippen molar-refractivity contribution in [3.8, 4) is 6.07 Å². The second-order valence-corrected chi connectivity index (χ2v) is 4.58. The monoisotopic (exact) mass is 247 g/mol. The number of hydrogen-bond donors (Lipinski definition) is 1. The van der Waals surface area contributed by atoms with Gasteiger partial charge in [-0.3, -0.25) is 9.69 Å². The molecule has 94 valence electrons. The summed E-state index contributed by atoms with van der Waals surface area (Å²) in [5, 5.41) is 8.77. The smallest absolute Gasteiger partial charge is 0.221 e. The van der Waals surface area contributed by atoms with Crippen molar-refractivity contribution < 1.29 is 9.18 Å². The van der Waals surface area contributed by atoms with Gasteiger partial charge in [-0.05, 0) is 36.7 Å². The summed E-state index contributed by atoms with van der Waals surface area (Å²) in [6.45, 7) is 1.91. The van der Waals surface area contributed by atoms with Crippen molar-refractivity contribution in [1.82, 2.24) is 4.90 Å². The highest BCUT2D eigenvalue weighted by molar-refractivity contribution is 5.77. The minimum Gasteiger partial charge on any atom is -0.369 e. The lowest BCUT2D eigenvalue weighted by molar-refractivity contribution is -0.121. The molecule has 1 heterocycles. The number of carbonyl (C=O) groups excluding carboxylic acids is 1. The van der Waals surface area contributed by atoms with Gasteiger partial charge in [0.15, 0.2) is 0 Å². The largest absolute Gasteiger partial charge is 0.369 e. The average molecular weight is 247 g/mol. The lowest BCUT2D eigenvalue weighted by Crippen LogP contribution is -2.27. The number of carbonyl (C=O) groups is 1. The van der Waals surface area contributed by atoms with Crippen LogP contribution in [0.1, 0.15) is 17.5 Å². The Kier molecular flexibility index (Phi) is 3.58. The van der Waals surface area contributed by atoms with Crippen molar-refractivity contribution in [3.05, 3.63) is 35.1 Å². The van der Waals surface area contributed by atoms with Gasteiger partial charge in [-0.2, -0.15) is 5.26 Å². The standard InChI is InChI=1S/C13H14FN3O/c14-12-4-9(6-15)3-10(5-12)7-17-2-1-11(8-17)13(16)18/h3-5,11H,1-2,7-8H2,(H2,16,18). The van der Waals surface area contributed by atoms with Crippen LogP contribution in [-0.4, -0.2) is 23.9 Å². The molecule has 1 unspecified atom stereocenters. The Morgan fingerprint density at radius 3 is 2.94 bits per heavy atom. The highest BCUT2D eigenvalue weighted by Gasteiger charge is 2.26. The van der Waals surface area contributed by atoms with Crippen LogP contribution in [-0.2, 0) is 11.3 Å². The molecule has 0 bridgehead atoms. The summed E-state index contributed by atoms with van der Waals surface area (Å²) < 4.78 is 13.2. The molecule has 1 aromatic carbocycles. The van der Waals surface area contributed by atoms with E-state index in [9.17, 15) is 9.18 Å². The number of halogens is 1. The topological polar surface area (TPSA) is 70.1 Å². The third kappa shape index (κ3) is 2.84. The first kappa shape index (κ1) is 12.5. The van der Waals surface area contributed by atoms with Crippen LogP contribution in [0.25, 0.3) is 0 Å². The average Bonchev–Trinajstić information content (AvgIpc) is 2.76. The van der Waals surface area contributed by atoms with E-state index >= 15 is 0 Å². The van der Waals surface area contributed by atoms with Gasteiger partial charge in [-0.15, -0.1) is 0 Å². The predicted molar refractivity (Wildman–Crippen MR) is 63.7 cm³/mol. The number of benzene rings is 1. The SMILES string of the molecule is N#Cc1cc(F)cc(CN2CCC(C(N)=O)C2)c1. The Morgan fingerprint density at radius 2 is 2.33 bits per heavy atom. The summed E-state index contributed by atoms with van der Waals surface area (Å²) in [6, 6.07) is 6.22. The number of nitrogens with two attached hydrogens (primary N) is 1. The van der Waals surface area contributed by atoms with E-state index in [1.165, 1.54) is 12.1 Å². The molecule has 1 saturated heterocycles. The molecule has 1 amide bonds. The quantitative estimate of drug-likeness (QED) is 0.866. The van der Waals surface area contributed by atoms with Crippen molar-refractivity contribution in [3.63, 3.8) is 0 Å². The van der Waals surface area contributed by atoms with Gasteiger partial charge in [0.05, 0.1) is 17.6 Å². The van der Waals surface area contributed by atoms with Crippen LogP contribution in [0.5, 0.6) is 0 Å². The Balaban J connectivity index is 2.05. The molecule has 18 heavy (non-hydrogen) atoms. The van der Waals surface area contributed by atoms with Crippen LogP contribution >= 0.6 is 0 Å². The maximum Gasteiger partial charge on any atom is 0.221 e. The zero-order valence-corrected chi connectivity index (χ0v) is 9.90. The molecule has 0 aromatic heterocycles. The first-order valence-corrected chi connectivity index (χ1v) is 5.79. The highest BCUT2D eigenvalue weighted by Crippen LogP contribution is 2.19. The number of rotatable bonds is 3. The van der Waals surface area contributed by atoms with Crippen LogP contribution in [0, 0.1) is 23.1 Å². The van der Waals surface area contributed by atoms with E-state index in [4.69, 9.17) is 11.0 Å². The van der Waals surface area contributed by atoms with Gasteiger partial charge < -0.3 is 5.73 Å². The molecule has 1 aliphatic rings. The number of primary amides is 1. The summed E-state index contributed by atoms with van der Waals surface area (Å²) in [6.07, 6.45) is 0.746. The van der Waals surface area contributed by atoms with Gasteiger partial charge in [0.25, 0.3) is 0 Å². The van der Waals surface area contributed by atoms with Gasteiger partial charge in [-0.1, -0.05) is 0 Å². The second kappa shape index (κ2) is 5.15. The zero-order valence-electron chi connectivity index (χ0n) is 9.90. The number of likely N-dealkylation sites (tertiary alicyclic amines) is 1. The van der Waals surface area contributed by atoms with Crippen molar-refractivity contribution in [2.45, 2.75) is 13.0 Å². The fourth-order valence-electron chi connectivity index (χ4n) is 2.27. The van der Waals surface area contributed by atoms with Gasteiger partial charge in [-0.25, -0.2) is 4.39 Å². The minimum absolute atomic E-state index is 0.117. The fraction of sp³-hybridized carbons (Fsp3) is 0.385. The van der Waals surface area contributed by atoms with E-state index in [1.54, 1.807) is 6.07 Å². The first-order valence-electron chi connectivity index (χ1n) is 5.79. The number of nitrogens with zero attached hydrogens (tertiary/aromatic N) is 2. The second-order valence-electron chi connectivity index (χ2n) is 4.58. The summed E-state index contributed by atoms with van der Waals surface area (Å²) in [7, 11) is 0. The van der Waals surface area contributed by atoms with E-state index in [1.807, 2.05) is 11.0 Å².